The van der Waals surface area contributed by atoms with Crippen LogP contribution in [0, 0.1) is 14.9 Å². The van der Waals surface area contributed by atoms with Crippen LogP contribution in [-0.4, -0.2) is 9.97 Å². The van der Waals surface area contributed by atoms with Gasteiger partial charge in [-0.15, -0.1) is 0 Å². The Balaban J connectivity index is 2.22. The maximum atomic E-state index is 8.67. The first-order chi connectivity index (χ1) is 7.79. The highest BCUT2D eigenvalue weighted by atomic mass is 127. The number of nitrogens with zero attached hydrogens (tertiary/aromatic N) is 3. The molecule has 1 N–H and O–H groups in total. The molecule has 0 aliphatic heterocycles. The van der Waals surface area contributed by atoms with Gasteiger partial charge in [0.25, 0.3) is 0 Å². The minimum Gasteiger partial charge on any atom is -0.339 e. The summed E-state index contributed by atoms with van der Waals surface area (Å²) in [5.74, 6) is 0.764. The fourth-order valence-electron chi connectivity index (χ4n) is 1.17. The maximum Gasteiger partial charge on any atom is 0.147 e. The van der Waals surface area contributed by atoms with Crippen LogP contribution in [-0.2, 0) is 0 Å². The number of hydrogen-bond donors (Lipinski definition) is 1. The number of rotatable bonds is 2. The Morgan fingerprint density at radius 2 is 2.00 bits per heavy atom. The number of aromatic nitrogens is 2. The number of halogens is 1. The molecule has 0 aliphatic carbocycles. The second-order valence-electron chi connectivity index (χ2n) is 3.03. The second kappa shape index (κ2) is 4.90. The zero-order valence-electron chi connectivity index (χ0n) is 8.18. The summed E-state index contributed by atoms with van der Waals surface area (Å²) >= 11 is 2.16. The van der Waals surface area contributed by atoms with Crippen LogP contribution in [0.1, 0.15) is 5.56 Å². The van der Waals surface area contributed by atoms with Gasteiger partial charge in [0.1, 0.15) is 12.1 Å². The van der Waals surface area contributed by atoms with Crippen molar-refractivity contribution < 1.29 is 0 Å². The Labute approximate surface area is 106 Å². The first kappa shape index (κ1) is 10.8. The molecule has 1 heterocycles. The van der Waals surface area contributed by atoms with E-state index in [0.717, 1.165) is 15.1 Å². The molecular weight excluding hydrogens is 315 g/mol. The lowest BCUT2D eigenvalue weighted by molar-refractivity contribution is 1.15. The molecule has 0 unspecified atom stereocenters. The molecule has 2 aromatic rings. The van der Waals surface area contributed by atoms with E-state index in [1.54, 1.807) is 18.3 Å². The van der Waals surface area contributed by atoms with E-state index in [1.165, 1.54) is 6.33 Å². The summed E-state index contributed by atoms with van der Waals surface area (Å²) in [5, 5.41) is 11.8. The fourth-order valence-corrected chi connectivity index (χ4v) is 1.60. The predicted molar refractivity (Wildman–Crippen MR) is 69.2 cm³/mol. The molecule has 0 atom stereocenters. The van der Waals surface area contributed by atoms with Gasteiger partial charge in [-0.05, 0) is 46.9 Å². The molecule has 0 spiro atoms. The summed E-state index contributed by atoms with van der Waals surface area (Å²) in [6.45, 7) is 0. The molecule has 16 heavy (non-hydrogen) atoms. The van der Waals surface area contributed by atoms with E-state index in [4.69, 9.17) is 5.26 Å². The summed E-state index contributed by atoms with van der Waals surface area (Å²) in [4.78, 5) is 8.03. The highest BCUT2D eigenvalue weighted by molar-refractivity contribution is 14.1. The number of hydrogen-bond acceptors (Lipinski definition) is 4. The Hall–Kier alpha value is -1.68. The molecule has 0 radical (unpaired) electrons. The van der Waals surface area contributed by atoms with E-state index in [0.29, 0.717) is 5.56 Å². The van der Waals surface area contributed by atoms with Gasteiger partial charge < -0.3 is 5.32 Å². The molecular formula is C11H7IN4. The van der Waals surface area contributed by atoms with E-state index in [-0.39, 0.29) is 0 Å². The summed E-state index contributed by atoms with van der Waals surface area (Å²) in [6, 6.07) is 9.28. The van der Waals surface area contributed by atoms with Crippen molar-refractivity contribution in [2.45, 2.75) is 0 Å². The van der Waals surface area contributed by atoms with Crippen LogP contribution in [0.3, 0.4) is 0 Å². The van der Waals surface area contributed by atoms with Crippen molar-refractivity contribution in [2.75, 3.05) is 5.32 Å². The third-order valence-corrected chi connectivity index (χ3v) is 2.73. The molecule has 0 saturated carbocycles. The molecule has 78 valence electrons. The van der Waals surface area contributed by atoms with E-state index in [2.05, 4.69) is 43.9 Å². The zero-order valence-corrected chi connectivity index (χ0v) is 10.3. The number of nitrogens with one attached hydrogen (secondary N) is 1. The summed E-state index contributed by atoms with van der Waals surface area (Å²) in [7, 11) is 0. The molecule has 0 fully saturated rings. The molecule has 5 heteroatoms. The maximum absolute atomic E-state index is 8.67. The van der Waals surface area contributed by atoms with Crippen LogP contribution < -0.4 is 5.32 Å². The molecule has 1 aromatic heterocycles. The Kier molecular flexibility index (Phi) is 3.31. The lowest BCUT2D eigenvalue weighted by atomic mass is 10.2. The smallest absolute Gasteiger partial charge is 0.147 e. The second-order valence-corrected chi connectivity index (χ2v) is 4.20. The number of anilines is 2. The minimum absolute atomic E-state index is 0.642. The van der Waals surface area contributed by atoms with Crippen LogP contribution in [0.4, 0.5) is 11.5 Å². The number of nitriles is 1. The average molecular weight is 322 g/mol. The Morgan fingerprint density at radius 1 is 1.25 bits per heavy atom. The van der Waals surface area contributed by atoms with Crippen molar-refractivity contribution in [1.82, 2.24) is 9.97 Å². The third-order valence-electron chi connectivity index (χ3n) is 1.94. The molecule has 0 amide bonds. The fraction of sp³-hybridized carbons (Fsp3) is 0. The summed E-state index contributed by atoms with van der Waals surface area (Å²) in [5.41, 5.74) is 1.54. The first-order valence-corrected chi connectivity index (χ1v) is 5.60. The third kappa shape index (κ3) is 2.46. The van der Waals surface area contributed by atoms with Gasteiger partial charge in [-0.3, -0.25) is 0 Å². The molecule has 1 aromatic carbocycles. The van der Waals surface area contributed by atoms with Crippen molar-refractivity contribution >= 4 is 34.1 Å². The van der Waals surface area contributed by atoms with Gasteiger partial charge in [0, 0.05) is 11.9 Å². The van der Waals surface area contributed by atoms with Crippen LogP contribution in [0.5, 0.6) is 0 Å². The normalized spacial score (nSPS) is 9.50. The van der Waals surface area contributed by atoms with Crippen molar-refractivity contribution in [3.63, 3.8) is 0 Å². The quantitative estimate of drug-likeness (QED) is 0.864. The Bertz CT molecular complexity index is 530. The number of benzene rings is 1. The summed E-state index contributed by atoms with van der Waals surface area (Å²) < 4.78 is 0.949. The molecule has 0 saturated heterocycles. The predicted octanol–water partition coefficient (Wildman–Crippen LogP) is 2.70. The minimum atomic E-state index is 0.642. The molecule has 2 rings (SSSR count). The van der Waals surface area contributed by atoms with Crippen molar-refractivity contribution in [3.05, 3.63) is 45.9 Å². The molecule has 0 aliphatic rings. The molecule has 0 bridgehead atoms. The van der Waals surface area contributed by atoms with E-state index in [1.807, 2.05) is 12.1 Å². The van der Waals surface area contributed by atoms with Crippen LogP contribution in [0.2, 0.25) is 0 Å². The molecule has 4 nitrogen and oxygen atoms in total. The van der Waals surface area contributed by atoms with Crippen LogP contribution in [0.25, 0.3) is 0 Å². The Morgan fingerprint density at radius 3 is 2.62 bits per heavy atom. The highest BCUT2D eigenvalue weighted by Crippen LogP contribution is 2.19. The van der Waals surface area contributed by atoms with Gasteiger partial charge >= 0.3 is 0 Å². The lowest BCUT2D eigenvalue weighted by Gasteiger charge is -2.06. The van der Waals surface area contributed by atoms with E-state index >= 15 is 0 Å². The van der Waals surface area contributed by atoms with Crippen LogP contribution >= 0.6 is 22.6 Å². The standard InChI is InChI=1S/C11H7IN4/c12-10-6-14-7-15-11(10)16-9-3-1-8(5-13)2-4-9/h1-4,6-7H,(H,14,15,16). The van der Waals surface area contributed by atoms with Gasteiger partial charge in [0.05, 0.1) is 15.2 Å². The zero-order chi connectivity index (χ0) is 11.4. The highest BCUT2D eigenvalue weighted by Gasteiger charge is 2.00. The van der Waals surface area contributed by atoms with Crippen molar-refractivity contribution in [3.8, 4) is 6.07 Å². The largest absolute Gasteiger partial charge is 0.339 e. The monoisotopic (exact) mass is 322 g/mol. The first-order valence-electron chi connectivity index (χ1n) is 4.52. The van der Waals surface area contributed by atoms with Gasteiger partial charge in [-0.25, -0.2) is 9.97 Å². The van der Waals surface area contributed by atoms with Gasteiger partial charge in [-0.1, -0.05) is 0 Å². The summed E-state index contributed by atoms with van der Waals surface area (Å²) in [6.07, 6.45) is 3.23. The average Bonchev–Trinajstić information content (AvgIpc) is 2.33. The topological polar surface area (TPSA) is 61.6 Å². The van der Waals surface area contributed by atoms with Gasteiger partial charge in [-0.2, -0.15) is 5.26 Å². The van der Waals surface area contributed by atoms with Crippen LogP contribution in [0.15, 0.2) is 36.8 Å². The van der Waals surface area contributed by atoms with Gasteiger partial charge in [0.15, 0.2) is 0 Å². The lowest BCUT2D eigenvalue weighted by Crippen LogP contribution is -1.96. The van der Waals surface area contributed by atoms with Crippen molar-refractivity contribution in [1.29, 1.82) is 5.26 Å². The van der Waals surface area contributed by atoms with E-state index < -0.39 is 0 Å². The van der Waals surface area contributed by atoms with E-state index in [9.17, 15) is 0 Å². The van der Waals surface area contributed by atoms with Gasteiger partial charge in [0.2, 0.25) is 0 Å². The van der Waals surface area contributed by atoms with Crippen molar-refractivity contribution in [2.24, 2.45) is 0 Å². The SMILES string of the molecule is N#Cc1ccc(Nc2ncncc2I)cc1.